The molecule has 0 saturated carbocycles. The lowest BCUT2D eigenvalue weighted by Gasteiger charge is -2.21. The van der Waals surface area contributed by atoms with Gasteiger partial charge < -0.3 is 9.30 Å². The van der Waals surface area contributed by atoms with Gasteiger partial charge in [-0.2, -0.15) is 9.30 Å². The number of ether oxygens (including phenoxy) is 1. The summed E-state index contributed by atoms with van der Waals surface area (Å²) in [4.78, 5) is 18.6. The number of aryl methyl sites for hydroxylation is 3. The highest BCUT2D eigenvalue weighted by Crippen LogP contribution is 2.28. The van der Waals surface area contributed by atoms with E-state index in [9.17, 15) is 13.2 Å². The Balaban J connectivity index is 1.72. The molecule has 182 valence electrons. The van der Waals surface area contributed by atoms with Gasteiger partial charge in [0.1, 0.15) is 6.04 Å². The molecule has 1 aromatic heterocycles. The third-order valence-electron chi connectivity index (χ3n) is 6.10. The average Bonchev–Trinajstić information content (AvgIpc) is 3.41. The highest BCUT2D eigenvalue weighted by atomic mass is 32.2. The SMILES string of the molecule is CCOCCn1c(=NC(=O)C2CCCN2S(=O)(=O)c2ccc(C)cc2)sc2c(C)cc(C)cc21. The van der Waals surface area contributed by atoms with Crippen LogP contribution >= 0.6 is 11.3 Å². The van der Waals surface area contributed by atoms with Gasteiger partial charge in [0.05, 0.1) is 21.7 Å². The van der Waals surface area contributed by atoms with Gasteiger partial charge in [-0.05, 0) is 69.9 Å². The number of benzene rings is 2. The van der Waals surface area contributed by atoms with E-state index >= 15 is 0 Å². The molecule has 1 saturated heterocycles. The van der Waals surface area contributed by atoms with Gasteiger partial charge in [-0.15, -0.1) is 0 Å². The fourth-order valence-corrected chi connectivity index (χ4v) is 7.17. The van der Waals surface area contributed by atoms with E-state index in [4.69, 9.17) is 4.74 Å². The van der Waals surface area contributed by atoms with E-state index < -0.39 is 22.0 Å². The van der Waals surface area contributed by atoms with E-state index in [1.807, 2.05) is 25.3 Å². The first-order chi connectivity index (χ1) is 16.2. The fourth-order valence-electron chi connectivity index (χ4n) is 4.40. The number of carbonyl (C=O) groups excluding carboxylic acids is 1. The maximum Gasteiger partial charge on any atom is 0.266 e. The van der Waals surface area contributed by atoms with Gasteiger partial charge in [-0.1, -0.05) is 35.1 Å². The molecular formula is C25H31N3O4S2. The van der Waals surface area contributed by atoms with E-state index in [1.54, 1.807) is 24.3 Å². The van der Waals surface area contributed by atoms with Crippen molar-refractivity contribution in [2.45, 2.75) is 58.0 Å². The van der Waals surface area contributed by atoms with Crippen LogP contribution in [0.5, 0.6) is 0 Å². The van der Waals surface area contributed by atoms with Crippen LogP contribution in [0.15, 0.2) is 46.3 Å². The third-order valence-corrected chi connectivity index (χ3v) is 9.25. The van der Waals surface area contributed by atoms with Gasteiger partial charge in [0, 0.05) is 19.7 Å². The zero-order valence-corrected chi connectivity index (χ0v) is 21.7. The maximum atomic E-state index is 13.4. The summed E-state index contributed by atoms with van der Waals surface area (Å²) in [7, 11) is -3.78. The van der Waals surface area contributed by atoms with Gasteiger partial charge in [0.2, 0.25) is 10.0 Å². The average molecular weight is 502 g/mol. The molecule has 7 nitrogen and oxygen atoms in total. The van der Waals surface area contributed by atoms with Gasteiger partial charge in [0.25, 0.3) is 5.91 Å². The largest absolute Gasteiger partial charge is 0.380 e. The Hall–Kier alpha value is -2.33. The molecule has 0 radical (unpaired) electrons. The highest BCUT2D eigenvalue weighted by Gasteiger charge is 2.39. The second-order valence-electron chi connectivity index (χ2n) is 8.70. The number of amides is 1. The zero-order chi connectivity index (χ0) is 24.5. The first kappa shape index (κ1) is 24.8. The van der Waals surface area contributed by atoms with E-state index in [1.165, 1.54) is 15.6 Å². The minimum Gasteiger partial charge on any atom is -0.380 e. The molecule has 2 heterocycles. The lowest BCUT2D eigenvalue weighted by molar-refractivity contribution is -0.121. The second kappa shape index (κ2) is 10.1. The van der Waals surface area contributed by atoms with Crippen LogP contribution in [0, 0.1) is 20.8 Å². The quantitative estimate of drug-likeness (QED) is 0.459. The summed E-state index contributed by atoms with van der Waals surface area (Å²) < 4.78 is 36.6. The molecule has 2 aromatic carbocycles. The molecule has 34 heavy (non-hydrogen) atoms. The molecule has 1 unspecified atom stereocenters. The Bertz CT molecular complexity index is 1370. The summed E-state index contributed by atoms with van der Waals surface area (Å²) in [6, 6.07) is 10.2. The molecule has 9 heteroatoms. The van der Waals surface area contributed by atoms with Crippen LogP contribution in [0.4, 0.5) is 0 Å². The molecule has 0 N–H and O–H groups in total. The topological polar surface area (TPSA) is 81.0 Å². The first-order valence-corrected chi connectivity index (χ1v) is 13.8. The minimum absolute atomic E-state index is 0.206. The molecule has 1 aliphatic rings. The Kier molecular flexibility index (Phi) is 7.37. The number of fused-ring (bicyclic) bond motifs is 1. The van der Waals surface area contributed by atoms with Crippen LogP contribution in [-0.2, 0) is 26.1 Å². The lowest BCUT2D eigenvalue weighted by Crippen LogP contribution is -2.40. The summed E-state index contributed by atoms with van der Waals surface area (Å²) in [5.74, 6) is -0.417. The number of thiazole rings is 1. The number of rotatable bonds is 7. The molecule has 3 aromatic rings. The Morgan fingerprint density at radius 3 is 2.59 bits per heavy atom. The van der Waals surface area contributed by atoms with Crippen molar-refractivity contribution in [1.29, 1.82) is 0 Å². The van der Waals surface area contributed by atoms with Crippen molar-refractivity contribution in [3.8, 4) is 0 Å². The molecular weight excluding hydrogens is 470 g/mol. The molecule has 4 rings (SSSR count). The molecule has 0 aliphatic carbocycles. The van der Waals surface area contributed by atoms with Gasteiger partial charge in [-0.25, -0.2) is 8.42 Å². The Labute approximate surface area is 204 Å². The number of nitrogens with zero attached hydrogens (tertiary/aromatic N) is 3. The molecule has 1 aliphatic heterocycles. The molecule has 1 fully saturated rings. The van der Waals surface area contributed by atoms with E-state index in [0.717, 1.165) is 26.9 Å². The van der Waals surface area contributed by atoms with Crippen molar-refractivity contribution >= 4 is 37.5 Å². The normalized spacial score (nSPS) is 17.6. The summed E-state index contributed by atoms with van der Waals surface area (Å²) in [6.07, 6.45) is 1.10. The van der Waals surface area contributed by atoms with Crippen molar-refractivity contribution in [3.63, 3.8) is 0 Å². The van der Waals surface area contributed by atoms with Gasteiger partial charge in [0.15, 0.2) is 4.80 Å². The van der Waals surface area contributed by atoms with Crippen LogP contribution < -0.4 is 4.80 Å². The number of aromatic nitrogens is 1. The van der Waals surface area contributed by atoms with Crippen LogP contribution in [0.1, 0.15) is 36.5 Å². The van der Waals surface area contributed by atoms with Gasteiger partial charge >= 0.3 is 0 Å². The van der Waals surface area contributed by atoms with Crippen molar-refractivity contribution in [2.75, 3.05) is 19.8 Å². The number of carbonyl (C=O) groups is 1. The summed E-state index contributed by atoms with van der Waals surface area (Å²) >= 11 is 1.46. The smallest absolute Gasteiger partial charge is 0.266 e. The molecule has 1 amide bonds. The van der Waals surface area contributed by atoms with Crippen LogP contribution in [-0.4, -0.2) is 49.0 Å². The number of hydrogen-bond acceptors (Lipinski definition) is 5. The molecule has 0 spiro atoms. The highest BCUT2D eigenvalue weighted by molar-refractivity contribution is 7.89. The molecule has 0 bridgehead atoms. The predicted octanol–water partition coefficient (Wildman–Crippen LogP) is 3.95. The standard InChI is InChI=1S/C25H31N3O4S2/c1-5-32-14-13-27-22-16-18(3)15-19(4)23(22)33-25(27)26-24(29)21-7-6-12-28(21)34(30,31)20-10-8-17(2)9-11-20/h8-11,15-16,21H,5-7,12-14H2,1-4H3. The first-order valence-electron chi connectivity index (χ1n) is 11.6. The summed E-state index contributed by atoms with van der Waals surface area (Å²) in [5, 5.41) is 0. The maximum absolute atomic E-state index is 13.4. The Morgan fingerprint density at radius 2 is 1.88 bits per heavy atom. The van der Waals surface area contributed by atoms with Crippen molar-refractivity contribution < 1.29 is 17.9 Å². The monoisotopic (exact) mass is 501 g/mol. The van der Waals surface area contributed by atoms with Crippen molar-refractivity contribution in [3.05, 3.63) is 57.9 Å². The van der Waals surface area contributed by atoms with Gasteiger partial charge in [-0.3, -0.25) is 4.79 Å². The number of hydrogen-bond donors (Lipinski definition) is 0. The fraction of sp³-hybridized carbons (Fsp3) is 0.440. The summed E-state index contributed by atoms with van der Waals surface area (Å²) in [6.45, 7) is 9.96. The van der Waals surface area contributed by atoms with E-state index in [2.05, 4.69) is 24.0 Å². The molecule has 1 atom stereocenters. The second-order valence-corrected chi connectivity index (χ2v) is 11.6. The van der Waals surface area contributed by atoms with Crippen molar-refractivity contribution in [2.24, 2.45) is 4.99 Å². The van der Waals surface area contributed by atoms with E-state index in [0.29, 0.717) is 43.9 Å². The van der Waals surface area contributed by atoms with Crippen molar-refractivity contribution in [1.82, 2.24) is 8.87 Å². The van der Waals surface area contributed by atoms with E-state index in [-0.39, 0.29) is 4.90 Å². The predicted molar refractivity (Wildman–Crippen MR) is 134 cm³/mol. The lowest BCUT2D eigenvalue weighted by atomic mass is 10.1. The number of sulfonamides is 1. The Morgan fingerprint density at radius 1 is 1.15 bits per heavy atom. The third kappa shape index (κ3) is 4.88. The minimum atomic E-state index is -3.78. The summed E-state index contributed by atoms with van der Waals surface area (Å²) in [5.41, 5.74) is 4.26. The zero-order valence-electron chi connectivity index (χ0n) is 20.1. The van der Waals surface area contributed by atoms with Crippen LogP contribution in [0.2, 0.25) is 0 Å². The van der Waals surface area contributed by atoms with Crippen LogP contribution in [0.3, 0.4) is 0 Å². The van der Waals surface area contributed by atoms with Crippen LogP contribution in [0.25, 0.3) is 10.2 Å².